The minimum Gasteiger partial charge on any atom is -0.507 e. The van der Waals surface area contributed by atoms with Crippen LogP contribution in [0.3, 0.4) is 0 Å². The number of benzene rings is 2. The molecular formula is C18H22FNO. The lowest BCUT2D eigenvalue weighted by Crippen LogP contribution is -1.89. The van der Waals surface area contributed by atoms with Gasteiger partial charge in [-0.05, 0) is 48.7 Å². The van der Waals surface area contributed by atoms with E-state index in [1.807, 2.05) is 39.8 Å². The fraction of sp³-hybridized carbons (Fsp3) is 0.278. The molecule has 0 radical (unpaired) electrons. The van der Waals surface area contributed by atoms with Crippen molar-refractivity contribution < 1.29 is 9.50 Å². The third kappa shape index (κ3) is 5.03. The van der Waals surface area contributed by atoms with Crippen LogP contribution in [0.5, 0.6) is 5.75 Å². The molecule has 2 nitrogen and oxygen atoms in total. The molecule has 3 heteroatoms. The summed E-state index contributed by atoms with van der Waals surface area (Å²) in [4.78, 5) is 4.28. The number of aromatic hydroxyl groups is 1. The first-order valence-electron chi connectivity index (χ1n) is 7.11. The van der Waals surface area contributed by atoms with E-state index < -0.39 is 0 Å². The molecule has 0 saturated heterocycles. The second-order valence-corrected chi connectivity index (χ2v) is 4.62. The van der Waals surface area contributed by atoms with Crippen molar-refractivity contribution >= 4 is 6.21 Å². The van der Waals surface area contributed by atoms with Crippen LogP contribution in [0.4, 0.5) is 4.39 Å². The molecule has 0 aliphatic carbocycles. The smallest absolute Gasteiger partial charge is 0.127 e. The minimum atomic E-state index is -0.250. The van der Waals surface area contributed by atoms with Crippen molar-refractivity contribution in [2.75, 3.05) is 0 Å². The molecule has 2 aromatic carbocycles. The third-order valence-corrected chi connectivity index (χ3v) is 2.89. The Labute approximate surface area is 126 Å². The third-order valence-electron chi connectivity index (χ3n) is 2.89. The number of aliphatic imine (C=N–C) groups is 1. The van der Waals surface area contributed by atoms with Crippen LogP contribution in [0.2, 0.25) is 0 Å². The van der Waals surface area contributed by atoms with E-state index in [1.54, 1.807) is 18.3 Å². The molecule has 0 atom stereocenters. The molecule has 0 fully saturated rings. The fourth-order valence-corrected chi connectivity index (χ4v) is 1.93. The fourth-order valence-electron chi connectivity index (χ4n) is 1.93. The lowest BCUT2D eigenvalue weighted by molar-refractivity contribution is 0.470. The Bertz CT molecular complexity index is 603. The van der Waals surface area contributed by atoms with Gasteiger partial charge >= 0.3 is 0 Å². The number of phenols is 1. The Hall–Kier alpha value is -2.16. The maximum Gasteiger partial charge on any atom is 0.127 e. The molecule has 0 aromatic heterocycles. The van der Waals surface area contributed by atoms with Crippen molar-refractivity contribution in [3.63, 3.8) is 0 Å². The van der Waals surface area contributed by atoms with Crippen LogP contribution in [-0.2, 0) is 6.54 Å². The highest BCUT2D eigenvalue weighted by molar-refractivity contribution is 5.84. The normalized spacial score (nSPS) is 10.3. The number of rotatable bonds is 3. The van der Waals surface area contributed by atoms with Crippen LogP contribution in [0, 0.1) is 19.7 Å². The van der Waals surface area contributed by atoms with E-state index >= 15 is 0 Å². The van der Waals surface area contributed by atoms with E-state index in [4.69, 9.17) is 0 Å². The van der Waals surface area contributed by atoms with Crippen LogP contribution in [0.25, 0.3) is 0 Å². The average Bonchev–Trinajstić information content (AvgIpc) is 2.48. The Balaban J connectivity index is 0.00000106. The van der Waals surface area contributed by atoms with E-state index in [0.29, 0.717) is 12.1 Å². The SMILES string of the molecule is CC.Cc1cc(C)c(O)c(C=NCc2ccc(F)cc2)c1. The molecule has 0 spiro atoms. The second kappa shape index (κ2) is 8.20. The molecule has 0 saturated carbocycles. The average molecular weight is 287 g/mol. The molecule has 0 heterocycles. The minimum absolute atomic E-state index is 0.250. The van der Waals surface area contributed by atoms with E-state index in [9.17, 15) is 9.50 Å². The van der Waals surface area contributed by atoms with Crippen LogP contribution < -0.4 is 0 Å². The number of nitrogens with zero attached hydrogens (tertiary/aromatic N) is 1. The van der Waals surface area contributed by atoms with E-state index in [2.05, 4.69) is 4.99 Å². The summed E-state index contributed by atoms with van der Waals surface area (Å²) < 4.78 is 12.7. The topological polar surface area (TPSA) is 32.6 Å². The summed E-state index contributed by atoms with van der Waals surface area (Å²) in [7, 11) is 0. The highest BCUT2D eigenvalue weighted by atomic mass is 19.1. The quantitative estimate of drug-likeness (QED) is 0.808. The number of hydrogen-bond donors (Lipinski definition) is 1. The molecule has 1 N–H and O–H groups in total. The summed E-state index contributed by atoms with van der Waals surface area (Å²) in [6.45, 7) is 8.30. The second-order valence-electron chi connectivity index (χ2n) is 4.62. The molecule has 0 bridgehead atoms. The number of hydrogen-bond acceptors (Lipinski definition) is 2. The van der Waals surface area contributed by atoms with Gasteiger partial charge in [-0.15, -0.1) is 0 Å². The maximum absolute atomic E-state index is 12.7. The molecule has 0 aliphatic rings. The van der Waals surface area contributed by atoms with Gasteiger partial charge in [-0.1, -0.05) is 32.0 Å². The summed E-state index contributed by atoms with van der Waals surface area (Å²) in [5.41, 5.74) is 3.56. The standard InChI is InChI=1S/C16H16FNO.C2H6/c1-11-7-12(2)16(19)14(8-11)10-18-9-13-3-5-15(17)6-4-13;1-2/h3-8,10,19H,9H2,1-2H3;1-2H3. The number of phenolic OH excluding ortho intramolecular Hbond substituents is 1. The lowest BCUT2D eigenvalue weighted by Gasteiger charge is -2.04. The van der Waals surface area contributed by atoms with E-state index in [-0.39, 0.29) is 11.6 Å². The summed E-state index contributed by atoms with van der Waals surface area (Å²) in [5.74, 6) is 0.00754. The van der Waals surface area contributed by atoms with E-state index in [1.165, 1.54) is 12.1 Å². The summed E-state index contributed by atoms with van der Waals surface area (Å²) >= 11 is 0. The number of aryl methyl sites for hydroxylation is 2. The predicted octanol–water partition coefficient (Wildman–Crippen LogP) is 4.79. The van der Waals surface area contributed by atoms with Gasteiger partial charge < -0.3 is 5.11 Å². The van der Waals surface area contributed by atoms with Gasteiger partial charge in [0.25, 0.3) is 0 Å². The maximum atomic E-state index is 12.7. The zero-order valence-electron chi connectivity index (χ0n) is 13.0. The van der Waals surface area contributed by atoms with Gasteiger partial charge in [0, 0.05) is 11.8 Å². The lowest BCUT2D eigenvalue weighted by atomic mass is 10.1. The van der Waals surface area contributed by atoms with Gasteiger partial charge in [0.15, 0.2) is 0 Å². The molecule has 2 rings (SSSR count). The van der Waals surface area contributed by atoms with Gasteiger partial charge in [-0.25, -0.2) is 4.39 Å². The van der Waals surface area contributed by atoms with Gasteiger partial charge in [0.2, 0.25) is 0 Å². The molecular weight excluding hydrogens is 265 g/mol. The Morgan fingerprint density at radius 1 is 1.10 bits per heavy atom. The van der Waals surface area contributed by atoms with Crippen molar-refractivity contribution in [1.29, 1.82) is 0 Å². The summed E-state index contributed by atoms with van der Waals surface area (Å²) in [6, 6.07) is 10.0. The zero-order valence-corrected chi connectivity index (χ0v) is 13.0. The van der Waals surface area contributed by atoms with Gasteiger partial charge in [0.1, 0.15) is 11.6 Å². The molecule has 0 unspecified atom stereocenters. The van der Waals surface area contributed by atoms with Gasteiger partial charge in [0.05, 0.1) is 6.54 Å². The molecule has 2 aromatic rings. The van der Waals surface area contributed by atoms with Crippen molar-refractivity contribution in [2.24, 2.45) is 4.99 Å². The van der Waals surface area contributed by atoms with Crippen molar-refractivity contribution in [3.8, 4) is 5.75 Å². The van der Waals surface area contributed by atoms with Gasteiger partial charge in [-0.2, -0.15) is 0 Å². The first kappa shape index (κ1) is 16.9. The van der Waals surface area contributed by atoms with Gasteiger partial charge in [-0.3, -0.25) is 4.99 Å². The first-order valence-corrected chi connectivity index (χ1v) is 7.11. The Morgan fingerprint density at radius 2 is 1.71 bits per heavy atom. The Kier molecular flexibility index (Phi) is 6.60. The largest absolute Gasteiger partial charge is 0.507 e. The zero-order chi connectivity index (χ0) is 15.8. The summed E-state index contributed by atoms with van der Waals surface area (Å²) in [6.07, 6.45) is 1.65. The highest BCUT2D eigenvalue weighted by Gasteiger charge is 2.02. The van der Waals surface area contributed by atoms with Crippen LogP contribution in [-0.4, -0.2) is 11.3 Å². The molecule has 21 heavy (non-hydrogen) atoms. The van der Waals surface area contributed by atoms with Crippen LogP contribution in [0.15, 0.2) is 41.4 Å². The van der Waals surface area contributed by atoms with Crippen molar-refractivity contribution in [3.05, 3.63) is 64.5 Å². The first-order chi connectivity index (χ1) is 10.1. The number of halogens is 1. The van der Waals surface area contributed by atoms with Crippen molar-refractivity contribution in [1.82, 2.24) is 0 Å². The van der Waals surface area contributed by atoms with Crippen molar-refractivity contribution in [2.45, 2.75) is 34.2 Å². The molecule has 112 valence electrons. The van der Waals surface area contributed by atoms with Crippen LogP contribution >= 0.6 is 0 Å². The van der Waals surface area contributed by atoms with E-state index in [0.717, 1.165) is 16.7 Å². The molecule has 0 aliphatic heterocycles. The highest BCUT2D eigenvalue weighted by Crippen LogP contribution is 2.22. The molecule has 0 amide bonds. The Morgan fingerprint density at radius 3 is 2.33 bits per heavy atom. The summed E-state index contributed by atoms with van der Waals surface area (Å²) in [5, 5.41) is 9.91. The monoisotopic (exact) mass is 287 g/mol. The van der Waals surface area contributed by atoms with Crippen LogP contribution in [0.1, 0.15) is 36.1 Å². The predicted molar refractivity (Wildman–Crippen MR) is 86.6 cm³/mol.